The van der Waals surface area contributed by atoms with Crippen LogP contribution in [0.2, 0.25) is 0 Å². The fourth-order valence-corrected chi connectivity index (χ4v) is 12.0. The fourth-order valence-electron chi connectivity index (χ4n) is 12.0. The molecule has 0 spiro atoms. The van der Waals surface area contributed by atoms with Gasteiger partial charge in [0.2, 0.25) is 5.91 Å². The summed E-state index contributed by atoms with van der Waals surface area (Å²) in [7, 11) is 0. The number of aliphatic hydroxyl groups excluding tert-OH is 2. The van der Waals surface area contributed by atoms with Gasteiger partial charge < -0.3 is 20.3 Å². The van der Waals surface area contributed by atoms with E-state index < -0.39 is 12.1 Å². The third kappa shape index (κ3) is 67.5. The molecule has 0 aliphatic rings. The maximum absolute atomic E-state index is 12.5. The number of unbranched alkanes of at least 4 members (excludes halogenated alkanes) is 58. The number of ether oxygens (including phenoxy) is 1. The monoisotopic (exact) mass is 1150 g/mol. The van der Waals surface area contributed by atoms with Gasteiger partial charge in [0, 0.05) is 12.8 Å². The molecular formula is C76H147NO5. The first-order valence-electron chi connectivity index (χ1n) is 37.6. The summed E-state index contributed by atoms with van der Waals surface area (Å²) in [4.78, 5) is 24.6. The van der Waals surface area contributed by atoms with Crippen LogP contribution in [-0.2, 0) is 14.3 Å². The number of carbonyl (C=O) groups is 2. The van der Waals surface area contributed by atoms with E-state index in [1.165, 1.54) is 353 Å². The van der Waals surface area contributed by atoms with Crippen LogP contribution in [0, 0.1) is 0 Å². The highest BCUT2D eigenvalue weighted by atomic mass is 16.5. The molecule has 3 N–H and O–H groups in total. The van der Waals surface area contributed by atoms with Gasteiger partial charge in [-0.1, -0.05) is 378 Å². The van der Waals surface area contributed by atoms with Crippen LogP contribution in [-0.4, -0.2) is 47.4 Å². The smallest absolute Gasteiger partial charge is 0.305 e. The van der Waals surface area contributed by atoms with Crippen molar-refractivity contribution in [2.45, 2.75) is 437 Å². The number of hydrogen-bond donors (Lipinski definition) is 3. The molecule has 0 aliphatic heterocycles. The van der Waals surface area contributed by atoms with E-state index in [0.29, 0.717) is 19.4 Å². The van der Waals surface area contributed by atoms with Gasteiger partial charge in [-0.25, -0.2) is 0 Å². The van der Waals surface area contributed by atoms with Crippen molar-refractivity contribution in [3.05, 3.63) is 24.3 Å². The number of hydrogen-bond acceptors (Lipinski definition) is 5. The largest absolute Gasteiger partial charge is 0.466 e. The number of nitrogens with one attached hydrogen (secondary N) is 1. The molecule has 0 aromatic heterocycles. The highest BCUT2D eigenvalue weighted by Crippen LogP contribution is 2.19. The minimum atomic E-state index is -0.842. The molecule has 0 aliphatic carbocycles. The van der Waals surface area contributed by atoms with Crippen molar-refractivity contribution in [2.75, 3.05) is 13.2 Å². The highest BCUT2D eigenvalue weighted by Gasteiger charge is 2.18. The molecule has 0 heterocycles. The van der Waals surface area contributed by atoms with Crippen LogP contribution in [0.15, 0.2) is 24.3 Å². The van der Waals surface area contributed by atoms with Gasteiger partial charge in [0.15, 0.2) is 0 Å². The van der Waals surface area contributed by atoms with Crippen LogP contribution in [0.3, 0.4) is 0 Å². The van der Waals surface area contributed by atoms with Crippen LogP contribution >= 0.6 is 0 Å². The molecule has 1 amide bonds. The Balaban J connectivity index is 3.34. The van der Waals surface area contributed by atoms with Crippen molar-refractivity contribution in [1.82, 2.24) is 5.32 Å². The normalized spacial score (nSPS) is 12.6. The second-order valence-electron chi connectivity index (χ2n) is 26.0. The lowest BCUT2D eigenvalue weighted by Gasteiger charge is -2.20. The van der Waals surface area contributed by atoms with Gasteiger partial charge in [0.1, 0.15) is 0 Å². The molecule has 0 saturated heterocycles. The summed E-state index contributed by atoms with van der Waals surface area (Å²) < 4.78 is 5.50. The van der Waals surface area contributed by atoms with Gasteiger partial charge in [-0.2, -0.15) is 0 Å². The third-order valence-electron chi connectivity index (χ3n) is 17.7. The standard InChI is InChI=1S/C76H147NO5/c1-3-5-7-9-11-13-15-17-19-21-37-40-44-48-52-56-60-64-68-74(79)73(72-78)77-75(80)69-65-61-57-53-49-45-41-38-35-33-31-29-27-25-23-22-24-26-28-30-32-34-36-39-43-47-51-55-59-63-67-71-82-76(81)70-66-62-58-54-50-46-42-20-18-16-14-12-10-8-6-4-2/h20,42,64,68,73-74,78-79H,3-19,21-41,43-63,65-67,69-72H2,1-2H3,(H,77,80)/b42-20-,68-64+. The summed E-state index contributed by atoms with van der Waals surface area (Å²) in [6.45, 7) is 4.94. The summed E-state index contributed by atoms with van der Waals surface area (Å²) in [5.41, 5.74) is 0. The Morgan fingerprint density at radius 2 is 0.573 bits per heavy atom. The summed E-state index contributed by atoms with van der Waals surface area (Å²) in [6, 6.07) is -0.625. The van der Waals surface area contributed by atoms with Crippen molar-refractivity contribution in [2.24, 2.45) is 0 Å². The molecule has 0 rings (SSSR count). The van der Waals surface area contributed by atoms with Crippen molar-refractivity contribution in [3.63, 3.8) is 0 Å². The lowest BCUT2D eigenvalue weighted by atomic mass is 10.0. The van der Waals surface area contributed by atoms with Crippen molar-refractivity contribution in [3.8, 4) is 0 Å². The molecule has 6 heteroatoms. The van der Waals surface area contributed by atoms with E-state index in [4.69, 9.17) is 4.74 Å². The van der Waals surface area contributed by atoms with E-state index in [1.54, 1.807) is 6.08 Å². The SMILES string of the molecule is CCCCCCCCC/C=C\CCCCCCCC(=O)OCCCCCCCCCCCCCCCCCCCCCCCCCCCCCCCCCC(=O)NC(CO)C(O)/C=C/CCCCCCCCCCCCCCCCCC. The van der Waals surface area contributed by atoms with Crippen LogP contribution in [0.25, 0.3) is 0 Å². The van der Waals surface area contributed by atoms with Crippen molar-refractivity contribution < 1.29 is 24.5 Å². The van der Waals surface area contributed by atoms with Crippen LogP contribution in [0.5, 0.6) is 0 Å². The Morgan fingerprint density at radius 3 is 0.866 bits per heavy atom. The first kappa shape index (κ1) is 80.3. The predicted octanol–water partition coefficient (Wildman–Crippen LogP) is 24.5. The zero-order valence-electron chi connectivity index (χ0n) is 55.8. The minimum absolute atomic E-state index is 0.0138. The summed E-state index contributed by atoms with van der Waals surface area (Å²) in [5.74, 6) is -0.0461. The Hall–Kier alpha value is -1.66. The topological polar surface area (TPSA) is 95.9 Å². The molecule has 0 saturated carbocycles. The van der Waals surface area contributed by atoms with E-state index in [2.05, 4.69) is 31.3 Å². The van der Waals surface area contributed by atoms with Gasteiger partial charge in [-0.3, -0.25) is 9.59 Å². The van der Waals surface area contributed by atoms with Gasteiger partial charge in [0.25, 0.3) is 0 Å². The molecule has 0 radical (unpaired) electrons. The second-order valence-corrected chi connectivity index (χ2v) is 26.0. The molecule has 0 aromatic carbocycles. The molecule has 2 atom stereocenters. The average molecular weight is 1160 g/mol. The third-order valence-corrected chi connectivity index (χ3v) is 17.7. The number of rotatable bonds is 71. The molecule has 82 heavy (non-hydrogen) atoms. The minimum Gasteiger partial charge on any atom is -0.466 e. The quantitative estimate of drug-likeness (QED) is 0.0320. The zero-order chi connectivity index (χ0) is 59.2. The van der Waals surface area contributed by atoms with Crippen molar-refractivity contribution in [1.29, 1.82) is 0 Å². The van der Waals surface area contributed by atoms with E-state index in [-0.39, 0.29) is 18.5 Å². The van der Waals surface area contributed by atoms with E-state index >= 15 is 0 Å². The maximum atomic E-state index is 12.5. The lowest BCUT2D eigenvalue weighted by molar-refractivity contribution is -0.143. The number of carbonyl (C=O) groups excluding carboxylic acids is 2. The first-order chi connectivity index (χ1) is 40.5. The van der Waals surface area contributed by atoms with Crippen molar-refractivity contribution >= 4 is 11.9 Å². The zero-order valence-corrected chi connectivity index (χ0v) is 55.8. The number of allylic oxidation sites excluding steroid dienone is 3. The van der Waals surface area contributed by atoms with Gasteiger partial charge in [-0.05, 0) is 57.8 Å². The van der Waals surface area contributed by atoms with Gasteiger partial charge >= 0.3 is 5.97 Å². The molecule has 0 aromatic rings. The highest BCUT2D eigenvalue weighted by molar-refractivity contribution is 5.76. The molecule has 2 unspecified atom stereocenters. The molecule has 0 fully saturated rings. The summed E-state index contributed by atoms with van der Waals surface area (Å²) in [6.07, 6.45) is 91.4. The van der Waals surface area contributed by atoms with Gasteiger partial charge in [-0.15, -0.1) is 0 Å². The number of esters is 1. The molecule has 0 bridgehead atoms. The second kappa shape index (κ2) is 71.8. The van der Waals surface area contributed by atoms with E-state index in [9.17, 15) is 19.8 Å². The fraction of sp³-hybridized carbons (Fsp3) is 0.921. The van der Waals surface area contributed by atoms with Crippen LogP contribution < -0.4 is 5.32 Å². The molecule has 486 valence electrons. The molecular weight excluding hydrogens is 1010 g/mol. The summed E-state index contributed by atoms with van der Waals surface area (Å²) in [5, 5.41) is 23.2. The van der Waals surface area contributed by atoms with Crippen LogP contribution in [0.4, 0.5) is 0 Å². The van der Waals surface area contributed by atoms with E-state index in [0.717, 1.165) is 44.9 Å². The van der Waals surface area contributed by atoms with Crippen LogP contribution in [0.1, 0.15) is 425 Å². The molecule has 6 nitrogen and oxygen atoms in total. The number of amides is 1. The summed E-state index contributed by atoms with van der Waals surface area (Å²) >= 11 is 0. The van der Waals surface area contributed by atoms with Gasteiger partial charge in [0.05, 0.1) is 25.4 Å². The first-order valence-corrected chi connectivity index (χ1v) is 37.6. The Kier molecular flexibility index (Phi) is 70.4. The average Bonchev–Trinajstić information content (AvgIpc) is 3.48. The Bertz CT molecular complexity index is 1280. The Morgan fingerprint density at radius 1 is 0.329 bits per heavy atom. The lowest BCUT2D eigenvalue weighted by Crippen LogP contribution is -2.45. The predicted molar refractivity (Wildman–Crippen MR) is 361 cm³/mol. The maximum Gasteiger partial charge on any atom is 0.305 e. The van der Waals surface area contributed by atoms with E-state index in [1.807, 2.05) is 6.08 Å². The number of aliphatic hydroxyl groups is 2. The Labute approximate surface area is 513 Å².